The zero-order valence-electron chi connectivity index (χ0n) is 20.0. The Labute approximate surface area is 209 Å². The Balaban J connectivity index is 1.78. The first-order valence-corrected chi connectivity index (χ1v) is 12.9. The standard InChI is InChI=1S/C27H24N4O4S/c1-4-22-24(23-13-5-8-16(2)17(23)3)29-27-30-26(22)35-20-11-6-9-18(14-20)25(32)28-19-10-7-12-21(15-19)36(33,34)31-27/h5-15H,4H2,1-3H3,(H,28,32)(H,29,30,31). The van der Waals surface area contributed by atoms with Crippen molar-refractivity contribution in [2.75, 3.05) is 10.0 Å². The highest BCUT2D eigenvalue weighted by Gasteiger charge is 2.23. The van der Waals surface area contributed by atoms with Crippen LogP contribution in [0.2, 0.25) is 0 Å². The topological polar surface area (TPSA) is 110 Å². The minimum absolute atomic E-state index is 0.0370. The number of anilines is 2. The molecule has 9 heteroatoms. The van der Waals surface area contributed by atoms with E-state index in [0.29, 0.717) is 29.1 Å². The van der Waals surface area contributed by atoms with Gasteiger partial charge in [-0.1, -0.05) is 37.3 Å². The first-order valence-electron chi connectivity index (χ1n) is 11.4. The first-order chi connectivity index (χ1) is 17.2. The molecule has 0 fully saturated rings. The number of fused-ring (bicyclic) bond motifs is 6. The number of benzene rings is 3. The van der Waals surface area contributed by atoms with Crippen LogP contribution in [0.1, 0.15) is 34.0 Å². The lowest BCUT2D eigenvalue weighted by atomic mass is 9.97. The van der Waals surface area contributed by atoms with Crippen molar-refractivity contribution in [3.8, 4) is 22.9 Å². The van der Waals surface area contributed by atoms with Crippen molar-refractivity contribution in [2.24, 2.45) is 0 Å². The van der Waals surface area contributed by atoms with E-state index in [1.807, 2.05) is 39.0 Å². The van der Waals surface area contributed by atoms with Gasteiger partial charge in [0.25, 0.3) is 15.9 Å². The second kappa shape index (κ2) is 9.09. The van der Waals surface area contributed by atoms with Crippen LogP contribution in [0, 0.1) is 13.8 Å². The SMILES string of the molecule is CCc1c2nc(nc1-c1cccc(C)c1C)NS(=O)(=O)c1cccc(c1)NC(=O)c1cccc(c1)O2. The van der Waals surface area contributed by atoms with Gasteiger partial charge in [0.1, 0.15) is 5.75 Å². The average Bonchev–Trinajstić information content (AvgIpc) is 2.85. The highest BCUT2D eigenvalue weighted by Crippen LogP contribution is 2.35. The Morgan fingerprint density at radius 3 is 2.53 bits per heavy atom. The van der Waals surface area contributed by atoms with E-state index in [9.17, 15) is 13.2 Å². The van der Waals surface area contributed by atoms with Crippen LogP contribution in [0.4, 0.5) is 11.6 Å². The molecule has 0 spiro atoms. The molecule has 2 heterocycles. The molecule has 3 aromatic carbocycles. The predicted octanol–water partition coefficient (Wildman–Crippen LogP) is 5.48. The molecule has 0 atom stereocenters. The van der Waals surface area contributed by atoms with Gasteiger partial charge in [0.15, 0.2) is 0 Å². The van der Waals surface area contributed by atoms with E-state index in [4.69, 9.17) is 4.74 Å². The summed E-state index contributed by atoms with van der Waals surface area (Å²) in [5, 5.41) is 2.74. The zero-order chi connectivity index (χ0) is 25.4. The Bertz CT molecular complexity index is 1620. The summed E-state index contributed by atoms with van der Waals surface area (Å²) in [4.78, 5) is 21.9. The van der Waals surface area contributed by atoms with Crippen molar-refractivity contribution >= 4 is 27.6 Å². The summed E-state index contributed by atoms with van der Waals surface area (Å²) in [6.07, 6.45) is 0.535. The van der Waals surface area contributed by atoms with Crippen LogP contribution in [0.25, 0.3) is 11.3 Å². The molecule has 8 nitrogen and oxygen atoms in total. The number of amides is 1. The monoisotopic (exact) mass is 500 g/mol. The maximum Gasteiger partial charge on any atom is 0.264 e. The van der Waals surface area contributed by atoms with Gasteiger partial charge in [-0.3, -0.25) is 4.79 Å². The van der Waals surface area contributed by atoms with Gasteiger partial charge in [0.2, 0.25) is 11.8 Å². The lowest BCUT2D eigenvalue weighted by Gasteiger charge is -2.18. The summed E-state index contributed by atoms with van der Waals surface area (Å²) in [5.41, 5.74) is 4.95. The van der Waals surface area contributed by atoms with Gasteiger partial charge in [0, 0.05) is 22.4 Å². The molecule has 1 aromatic heterocycles. The van der Waals surface area contributed by atoms with Gasteiger partial charge in [-0.25, -0.2) is 18.1 Å². The molecule has 5 rings (SSSR count). The summed E-state index contributed by atoms with van der Waals surface area (Å²) in [5.74, 6) is 0.1000. The largest absolute Gasteiger partial charge is 0.439 e. The smallest absolute Gasteiger partial charge is 0.264 e. The van der Waals surface area contributed by atoms with Gasteiger partial charge >= 0.3 is 0 Å². The number of hydrogen-bond acceptors (Lipinski definition) is 6. The van der Waals surface area contributed by atoms with Crippen molar-refractivity contribution < 1.29 is 17.9 Å². The van der Waals surface area contributed by atoms with E-state index in [1.165, 1.54) is 12.1 Å². The Morgan fingerprint density at radius 2 is 1.72 bits per heavy atom. The molecule has 36 heavy (non-hydrogen) atoms. The first kappa shape index (κ1) is 23.5. The number of carbonyl (C=O) groups excluding carboxylic acids is 1. The molecule has 1 amide bonds. The summed E-state index contributed by atoms with van der Waals surface area (Å²) >= 11 is 0. The number of nitrogens with zero attached hydrogens (tertiary/aromatic N) is 2. The van der Waals surface area contributed by atoms with Crippen LogP contribution >= 0.6 is 0 Å². The second-order valence-corrected chi connectivity index (χ2v) is 10.2. The summed E-state index contributed by atoms with van der Waals surface area (Å²) in [6.45, 7) is 5.96. The molecule has 1 aliphatic heterocycles. The third-order valence-corrected chi connectivity index (χ3v) is 7.45. The maximum absolute atomic E-state index is 13.3. The van der Waals surface area contributed by atoms with Gasteiger partial charge in [-0.05, 0) is 67.8 Å². The van der Waals surface area contributed by atoms with Gasteiger partial charge < -0.3 is 10.1 Å². The molecular weight excluding hydrogens is 476 g/mol. The van der Waals surface area contributed by atoms with Crippen LogP contribution < -0.4 is 14.8 Å². The number of aryl methyl sites for hydroxylation is 1. The highest BCUT2D eigenvalue weighted by molar-refractivity contribution is 7.92. The molecule has 4 aromatic rings. The fourth-order valence-corrected chi connectivity index (χ4v) is 5.07. The van der Waals surface area contributed by atoms with Gasteiger partial charge in [0.05, 0.1) is 10.6 Å². The number of sulfonamides is 1. The second-order valence-electron chi connectivity index (χ2n) is 8.50. The maximum atomic E-state index is 13.3. The number of ether oxygens (including phenoxy) is 1. The number of hydrogen-bond donors (Lipinski definition) is 2. The van der Waals surface area contributed by atoms with E-state index in [1.54, 1.807) is 36.4 Å². The normalized spacial score (nSPS) is 14.1. The van der Waals surface area contributed by atoms with Crippen molar-refractivity contribution in [2.45, 2.75) is 32.1 Å². The van der Waals surface area contributed by atoms with Crippen LogP contribution in [-0.2, 0) is 16.4 Å². The molecule has 0 saturated carbocycles. The molecule has 0 saturated heterocycles. The Kier molecular flexibility index (Phi) is 5.93. The molecule has 6 bridgehead atoms. The van der Waals surface area contributed by atoms with Crippen molar-refractivity contribution in [1.82, 2.24) is 9.97 Å². The predicted molar refractivity (Wildman–Crippen MR) is 138 cm³/mol. The minimum Gasteiger partial charge on any atom is -0.439 e. The fourth-order valence-electron chi connectivity index (χ4n) is 4.08. The van der Waals surface area contributed by atoms with Crippen LogP contribution in [0.15, 0.2) is 71.6 Å². The van der Waals surface area contributed by atoms with Gasteiger partial charge in [-0.2, -0.15) is 4.98 Å². The summed E-state index contributed by atoms with van der Waals surface area (Å²) < 4.78 is 35.2. The van der Waals surface area contributed by atoms with Gasteiger partial charge in [-0.15, -0.1) is 0 Å². The zero-order valence-corrected chi connectivity index (χ0v) is 20.8. The van der Waals surface area contributed by atoms with E-state index in [0.717, 1.165) is 22.3 Å². The molecule has 182 valence electrons. The van der Waals surface area contributed by atoms with Crippen LogP contribution in [-0.4, -0.2) is 24.3 Å². The molecule has 0 unspecified atom stereocenters. The number of aromatic nitrogens is 2. The minimum atomic E-state index is -4.07. The summed E-state index contributed by atoms with van der Waals surface area (Å²) in [7, 11) is -4.07. The van der Waals surface area contributed by atoms with Crippen molar-refractivity contribution in [1.29, 1.82) is 0 Å². The van der Waals surface area contributed by atoms with Crippen LogP contribution in [0.5, 0.6) is 11.6 Å². The van der Waals surface area contributed by atoms with E-state index in [2.05, 4.69) is 20.0 Å². The third-order valence-electron chi connectivity index (χ3n) is 6.12. The summed E-state index contributed by atoms with van der Waals surface area (Å²) in [6, 6.07) is 18.6. The lowest BCUT2D eigenvalue weighted by Crippen LogP contribution is -2.18. The van der Waals surface area contributed by atoms with E-state index < -0.39 is 15.9 Å². The fraction of sp³-hybridized carbons (Fsp3) is 0.148. The molecule has 2 N–H and O–H groups in total. The third kappa shape index (κ3) is 4.40. The Morgan fingerprint density at radius 1 is 0.944 bits per heavy atom. The number of carbonyl (C=O) groups is 1. The molecule has 0 radical (unpaired) electrons. The van der Waals surface area contributed by atoms with E-state index in [-0.39, 0.29) is 16.7 Å². The average molecular weight is 501 g/mol. The lowest BCUT2D eigenvalue weighted by molar-refractivity contribution is 0.102. The Hall–Kier alpha value is -4.24. The van der Waals surface area contributed by atoms with E-state index >= 15 is 0 Å². The highest BCUT2D eigenvalue weighted by atomic mass is 32.2. The number of rotatable bonds is 2. The van der Waals surface area contributed by atoms with Crippen LogP contribution in [0.3, 0.4) is 0 Å². The number of nitrogens with one attached hydrogen (secondary N) is 2. The van der Waals surface area contributed by atoms with Crippen molar-refractivity contribution in [3.05, 3.63) is 89.0 Å². The molecule has 1 aliphatic rings. The molecular formula is C27H24N4O4S. The quantitative estimate of drug-likeness (QED) is 0.377. The van der Waals surface area contributed by atoms with Crippen molar-refractivity contribution in [3.63, 3.8) is 0 Å². The molecule has 0 aliphatic carbocycles.